The Morgan fingerprint density at radius 3 is 2.48 bits per heavy atom. The van der Waals surface area contributed by atoms with E-state index in [1.54, 1.807) is 29.1 Å². The molecule has 2 aromatic rings. The van der Waals surface area contributed by atoms with Gasteiger partial charge in [-0.2, -0.15) is 5.10 Å². The van der Waals surface area contributed by atoms with Crippen LogP contribution in [0.4, 0.5) is 11.5 Å². The van der Waals surface area contributed by atoms with Gasteiger partial charge < -0.3 is 5.73 Å². The molecule has 3 N–H and O–H groups in total. The van der Waals surface area contributed by atoms with Crippen LogP contribution in [0.25, 0.3) is 0 Å². The van der Waals surface area contributed by atoms with Crippen LogP contribution < -0.4 is 10.5 Å². The van der Waals surface area contributed by atoms with Crippen LogP contribution in [0.2, 0.25) is 0 Å². The topological polar surface area (TPSA) is 90.0 Å². The first-order valence-corrected chi connectivity index (χ1v) is 8.13. The Labute approximate surface area is 125 Å². The van der Waals surface area contributed by atoms with Gasteiger partial charge in [0.15, 0.2) is 0 Å². The molecule has 1 aromatic carbocycles. The van der Waals surface area contributed by atoms with Crippen molar-refractivity contribution in [1.82, 2.24) is 9.78 Å². The van der Waals surface area contributed by atoms with Crippen molar-refractivity contribution >= 4 is 21.5 Å². The van der Waals surface area contributed by atoms with Crippen molar-refractivity contribution in [2.45, 2.75) is 38.6 Å². The zero-order valence-corrected chi connectivity index (χ0v) is 13.4. The molecular weight excluding hydrogens is 288 g/mol. The molecular formula is C14H20N4O2S. The molecule has 114 valence electrons. The van der Waals surface area contributed by atoms with E-state index in [1.165, 1.54) is 0 Å². The van der Waals surface area contributed by atoms with Crippen LogP contribution in [0.15, 0.2) is 29.3 Å². The lowest BCUT2D eigenvalue weighted by molar-refractivity contribution is 0.539. The molecule has 6 nitrogen and oxygen atoms in total. The van der Waals surface area contributed by atoms with Crippen molar-refractivity contribution in [3.8, 4) is 0 Å². The number of anilines is 2. The summed E-state index contributed by atoms with van der Waals surface area (Å²) in [4.78, 5) is 0.0853. The zero-order chi connectivity index (χ0) is 15.8. The van der Waals surface area contributed by atoms with Crippen molar-refractivity contribution in [2.24, 2.45) is 0 Å². The molecule has 0 fully saturated rings. The van der Waals surface area contributed by atoms with E-state index in [1.807, 2.05) is 27.7 Å². The number of rotatable bonds is 4. The molecule has 0 saturated heterocycles. The minimum absolute atomic E-state index is 0.0507. The van der Waals surface area contributed by atoms with Crippen molar-refractivity contribution in [3.05, 3.63) is 35.5 Å². The van der Waals surface area contributed by atoms with Crippen LogP contribution in [-0.4, -0.2) is 18.2 Å². The third kappa shape index (κ3) is 3.02. The number of hydrogen-bond donors (Lipinski definition) is 2. The summed E-state index contributed by atoms with van der Waals surface area (Å²) >= 11 is 0. The monoisotopic (exact) mass is 308 g/mol. The average molecular weight is 308 g/mol. The molecule has 0 atom stereocenters. The molecule has 0 bridgehead atoms. The second-order valence-corrected chi connectivity index (χ2v) is 6.99. The molecule has 0 aliphatic carbocycles. The standard InChI is InChI=1S/C14H20N4O2S/c1-9(2)18-14(5-6-16-18)17-21(19,20)13-8-11(4)10(3)7-12(13)15/h5-9,17H,15H2,1-4H3. The van der Waals surface area contributed by atoms with E-state index in [9.17, 15) is 8.42 Å². The molecule has 0 unspecified atom stereocenters. The van der Waals surface area contributed by atoms with Crippen LogP contribution in [0.1, 0.15) is 31.0 Å². The second kappa shape index (κ2) is 5.40. The van der Waals surface area contributed by atoms with Crippen molar-refractivity contribution in [2.75, 3.05) is 10.5 Å². The van der Waals surface area contributed by atoms with E-state index < -0.39 is 10.0 Å². The van der Waals surface area contributed by atoms with Gasteiger partial charge in [0.25, 0.3) is 10.0 Å². The molecule has 0 aliphatic rings. The molecule has 0 saturated carbocycles. The fraction of sp³-hybridized carbons (Fsp3) is 0.357. The Bertz CT molecular complexity index is 763. The lowest BCUT2D eigenvalue weighted by Crippen LogP contribution is -2.18. The minimum Gasteiger partial charge on any atom is -0.398 e. The smallest absolute Gasteiger partial charge is 0.265 e. The summed E-state index contributed by atoms with van der Waals surface area (Å²) < 4.78 is 29.2. The number of benzene rings is 1. The summed E-state index contributed by atoms with van der Waals surface area (Å²) in [7, 11) is -3.75. The van der Waals surface area contributed by atoms with Crippen molar-refractivity contribution in [1.29, 1.82) is 0 Å². The Hall–Kier alpha value is -2.02. The highest BCUT2D eigenvalue weighted by atomic mass is 32.2. The quantitative estimate of drug-likeness (QED) is 0.849. The van der Waals surface area contributed by atoms with Crippen molar-refractivity contribution in [3.63, 3.8) is 0 Å². The predicted molar refractivity (Wildman–Crippen MR) is 83.7 cm³/mol. The Balaban J connectivity index is 2.44. The summed E-state index contributed by atoms with van der Waals surface area (Å²) in [5.41, 5.74) is 7.93. The SMILES string of the molecule is Cc1cc(N)c(S(=O)(=O)Nc2ccnn2C(C)C)cc1C. The van der Waals surface area contributed by atoms with Gasteiger partial charge in [0, 0.05) is 12.1 Å². The summed E-state index contributed by atoms with van der Waals surface area (Å²) in [6.07, 6.45) is 1.56. The maximum absolute atomic E-state index is 12.5. The maximum atomic E-state index is 12.5. The normalized spacial score (nSPS) is 11.9. The highest BCUT2D eigenvalue weighted by Crippen LogP contribution is 2.25. The van der Waals surface area contributed by atoms with Gasteiger partial charge in [0.05, 0.1) is 11.9 Å². The van der Waals surface area contributed by atoms with Crippen molar-refractivity contribution < 1.29 is 8.42 Å². The number of nitrogens with one attached hydrogen (secondary N) is 1. The fourth-order valence-electron chi connectivity index (χ4n) is 2.04. The molecule has 1 heterocycles. The van der Waals surface area contributed by atoms with Gasteiger partial charge in [0.2, 0.25) is 0 Å². The van der Waals surface area contributed by atoms with E-state index >= 15 is 0 Å². The number of aryl methyl sites for hydroxylation is 2. The maximum Gasteiger partial charge on any atom is 0.265 e. The lowest BCUT2D eigenvalue weighted by Gasteiger charge is -2.15. The van der Waals surface area contributed by atoms with Gasteiger partial charge >= 0.3 is 0 Å². The highest BCUT2D eigenvalue weighted by Gasteiger charge is 2.20. The van der Waals surface area contributed by atoms with Crippen LogP contribution >= 0.6 is 0 Å². The molecule has 7 heteroatoms. The van der Waals surface area contributed by atoms with Crippen LogP contribution in [-0.2, 0) is 10.0 Å². The lowest BCUT2D eigenvalue weighted by atomic mass is 10.1. The number of sulfonamides is 1. The van der Waals surface area contributed by atoms with Gasteiger partial charge in [0.1, 0.15) is 10.7 Å². The number of nitrogens with two attached hydrogens (primary N) is 1. The molecule has 21 heavy (non-hydrogen) atoms. The van der Waals surface area contributed by atoms with E-state index in [4.69, 9.17) is 5.73 Å². The van der Waals surface area contributed by atoms with E-state index in [0.717, 1.165) is 11.1 Å². The Morgan fingerprint density at radius 1 is 1.24 bits per heavy atom. The predicted octanol–water partition coefficient (Wildman–Crippen LogP) is 2.46. The van der Waals surface area contributed by atoms with E-state index in [0.29, 0.717) is 5.82 Å². The van der Waals surface area contributed by atoms with E-state index in [2.05, 4.69) is 9.82 Å². The first kappa shape index (κ1) is 15.4. The minimum atomic E-state index is -3.75. The summed E-state index contributed by atoms with van der Waals surface area (Å²) in [6.45, 7) is 7.60. The third-order valence-electron chi connectivity index (χ3n) is 3.31. The summed E-state index contributed by atoms with van der Waals surface area (Å²) in [6, 6.07) is 4.93. The Kier molecular flexibility index (Phi) is 3.95. The van der Waals surface area contributed by atoms with E-state index in [-0.39, 0.29) is 16.6 Å². The average Bonchev–Trinajstić information content (AvgIpc) is 2.81. The molecule has 1 aromatic heterocycles. The molecule has 2 rings (SSSR count). The highest BCUT2D eigenvalue weighted by molar-refractivity contribution is 7.92. The summed E-state index contributed by atoms with van der Waals surface area (Å²) in [5.74, 6) is 0.419. The molecule has 0 radical (unpaired) electrons. The van der Waals surface area contributed by atoms with Gasteiger partial charge in [-0.05, 0) is 51.0 Å². The van der Waals surface area contributed by atoms with Crippen LogP contribution in [0.5, 0.6) is 0 Å². The third-order valence-corrected chi connectivity index (χ3v) is 4.72. The van der Waals surface area contributed by atoms with Crippen LogP contribution in [0, 0.1) is 13.8 Å². The summed E-state index contributed by atoms with van der Waals surface area (Å²) in [5, 5.41) is 4.11. The number of nitrogens with zero attached hydrogens (tertiary/aromatic N) is 2. The van der Waals surface area contributed by atoms with Gasteiger partial charge in [-0.25, -0.2) is 13.1 Å². The number of aromatic nitrogens is 2. The zero-order valence-electron chi connectivity index (χ0n) is 12.6. The number of hydrogen-bond acceptors (Lipinski definition) is 4. The van der Waals surface area contributed by atoms with Gasteiger partial charge in [-0.3, -0.25) is 4.72 Å². The molecule has 0 spiro atoms. The Morgan fingerprint density at radius 2 is 1.86 bits per heavy atom. The fourth-order valence-corrected chi connectivity index (χ4v) is 3.29. The van der Waals surface area contributed by atoms with Gasteiger partial charge in [-0.1, -0.05) is 0 Å². The van der Waals surface area contributed by atoms with Gasteiger partial charge in [-0.15, -0.1) is 0 Å². The molecule has 0 amide bonds. The second-order valence-electron chi connectivity index (χ2n) is 5.33. The number of nitrogen functional groups attached to an aromatic ring is 1. The molecule has 0 aliphatic heterocycles. The van der Waals surface area contributed by atoms with Crippen LogP contribution in [0.3, 0.4) is 0 Å². The first-order chi connectivity index (χ1) is 9.72. The largest absolute Gasteiger partial charge is 0.398 e. The first-order valence-electron chi connectivity index (χ1n) is 6.65.